The van der Waals surface area contributed by atoms with Crippen LogP contribution in [-0.4, -0.2) is 28.0 Å². The van der Waals surface area contributed by atoms with Crippen molar-refractivity contribution in [2.45, 2.75) is 12.5 Å². The average molecular weight is 316 g/mol. The van der Waals surface area contributed by atoms with Gasteiger partial charge in [-0.05, 0) is 0 Å². The highest BCUT2D eigenvalue weighted by Crippen LogP contribution is 2.40. The molecule has 1 saturated heterocycles. The van der Waals surface area contributed by atoms with Gasteiger partial charge in [-0.15, -0.1) is 0 Å². The van der Waals surface area contributed by atoms with Crippen LogP contribution in [0.25, 0.3) is 0 Å². The zero-order valence-corrected chi connectivity index (χ0v) is 11.3. The molecule has 0 saturated carbocycles. The van der Waals surface area contributed by atoms with Gasteiger partial charge in [0, 0.05) is 0 Å². The smallest absolute Gasteiger partial charge is 0.394 e. The standard InChI is InChI=1S/C8H12N8O4S/c9-4-1-13-15(6(4)11)3-8(19-21(17,18)20-8)16-7(12)5(10)2-14-16/h1-2H,3,9-12H2. The summed E-state index contributed by atoms with van der Waals surface area (Å²) in [5, 5.41) is 7.74. The number of nitrogen functional groups attached to an aromatic ring is 4. The van der Waals surface area contributed by atoms with E-state index in [4.69, 9.17) is 31.3 Å². The number of nitrogens with two attached hydrogens (primary N) is 4. The van der Waals surface area contributed by atoms with Gasteiger partial charge in [0.25, 0.3) is 0 Å². The predicted molar refractivity (Wildman–Crippen MR) is 71.2 cm³/mol. The lowest BCUT2D eigenvalue weighted by Crippen LogP contribution is -2.55. The van der Waals surface area contributed by atoms with E-state index in [0.29, 0.717) is 0 Å². The average Bonchev–Trinajstić information content (AvgIpc) is 2.85. The fourth-order valence-corrected chi connectivity index (χ4v) is 2.78. The van der Waals surface area contributed by atoms with Crippen molar-refractivity contribution in [3.8, 4) is 0 Å². The van der Waals surface area contributed by atoms with Crippen molar-refractivity contribution in [2.24, 2.45) is 0 Å². The molecule has 13 heteroatoms. The van der Waals surface area contributed by atoms with Gasteiger partial charge < -0.3 is 22.9 Å². The van der Waals surface area contributed by atoms with Gasteiger partial charge in [0.05, 0.1) is 23.8 Å². The van der Waals surface area contributed by atoms with Gasteiger partial charge in [-0.1, -0.05) is 0 Å². The van der Waals surface area contributed by atoms with E-state index in [0.717, 1.165) is 4.68 Å². The van der Waals surface area contributed by atoms with E-state index in [1.807, 2.05) is 0 Å². The first-order chi connectivity index (χ1) is 9.74. The Balaban J connectivity index is 2.03. The van der Waals surface area contributed by atoms with Crippen LogP contribution in [0.4, 0.5) is 23.0 Å². The minimum absolute atomic E-state index is 0.0244. The van der Waals surface area contributed by atoms with E-state index in [1.54, 1.807) is 0 Å². The summed E-state index contributed by atoms with van der Waals surface area (Å²) in [6.45, 7) is -0.249. The number of nitrogens with zero attached hydrogens (tertiary/aromatic N) is 4. The minimum Gasteiger partial charge on any atom is -0.394 e. The molecule has 114 valence electrons. The summed E-state index contributed by atoms with van der Waals surface area (Å²) in [6.07, 6.45) is 2.53. The van der Waals surface area contributed by atoms with Gasteiger partial charge in [0.15, 0.2) is 5.82 Å². The molecule has 21 heavy (non-hydrogen) atoms. The summed E-state index contributed by atoms with van der Waals surface area (Å²) in [5.74, 6) is -1.76. The fourth-order valence-electron chi connectivity index (χ4n) is 1.88. The molecule has 3 rings (SSSR count). The van der Waals surface area contributed by atoms with Gasteiger partial charge in [-0.3, -0.25) is 0 Å². The second-order valence-corrected chi connectivity index (χ2v) is 5.48. The maximum absolute atomic E-state index is 11.2. The van der Waals surface area contributed by atoms with E-state index in [2.05, 4.69) is 10.2 Å². The number of hydrogen-bond acceptors (Lipinski definition) is 10. The van der Waals surface area contributed by atoms with Gasteiger partial charge in [0.2, 0.25) is 0 Å². The first-order valence-electron chi connectivity index (χ1n) is 5.56. The number of aromatic nitrogens is 4. The topological polar surface area (TPSA) is 192 Å². The molecule has 0 aromatic carbocycles. The van der Waals surface area contributed by atoms with Gasteiger partial charge in [0.1, 0.15) is 12.4 Å². The summed E-state index contributed by atoms with van der Waals surface area (Å²) >= 11 is 0. The number of hydrogen-bond donors (Lipinski definition) is 4. The predicted octanol–water partition coefficient (Wildman–Crippen LogP) is -1.99. The largest absolute Gasteiger partial charge is 0.408 e. The van der Waals surface area contributed by atoms with Gasteiger partial charge in [-0.2, -0.15) is 31.7 Å². The molecular formula is C8H12N8O4S. The highest BCUT2D eigenvalue weighted by atomic mass is 32.3. The molecular weight excluding hydrogens is 304 g/mol. The SMILES string of the molecule is Nc1cnn(CC2(n3ncc(N)c3N)OS(=O)(=O)O2)c1N. The lowest BCUT2D eigenvalue weighted by atomic mass is 10.4. The lowest BCUT2D eigenvalue weighted by Gasteiger charge is -2.38. The maximum atomic E-state index is 11.2. The summed E-state index contributed by atoms with van der Waals surface area (Å²) in [7, 11) is -4.14. The highest BCUT2D eigenvalue weighted by molar-refractivity contribution is 7.82. The Morgan fingerprint density at radius 3 is 2.05 bits per heavy atom. The Kier molecular flexibility index (Phi) is 2.56. The fraction of sp³-hybridized carbons (Fsp3) is 0.250. The summed E-state index contributed by atoms with van der Waals surface area (Å²) < 4.78 is 34.3. The van der Waals surface area contributed by atoms with Crippen molar-refractivity contribution in [1.82, 2.24) is 19.6 Å². The highest BCUT2D eigenvalue weighted by Gasteiger charge is 2.57. The van der Waals surface area contributed by atoms with Gasteiger partial charge in [-0.25, -0.2) is 4.68 Å². The molecule has 0 atom stereocenters. The van der Waals surface area contributed by atoms with Crippen molar-refractivity contribution in [1.29, 1.82) is 0 Å². The second-order valence-electron chi connectivity index (χ2n) is 4.33. The molecule has 1 fully saturated rings. The van der Waals surface area contributed by atoms with Crippen LogP contribution in [0.3, 0.4) is 0 Å². The lowest BCUT2D eigenvalue weighted by molar-refractivity contribution is -0.265. The van der Waals surface area contributed by atoms with Crippen LogP contribution in [0.15, 0.2) is 12.4 Å². The third-order valence-electron chi connectivity index (χ3n) is 2.88. The third-order valence-corrected chi connectivity index (χ3v) is 3.81. The molecule has 0 spiro atoms. The Bertz CT molecular complexity index is 796. The Hall–Kier alpha value is -2.51. The van der Waals surface area contributed by atoms with Crippen LogP contribution in [-0.2, 0) is 31.2 Å². The molecule has 3 heterocycles. The third kappa shape index (κ3) is 1.94. The van der Waals surface area contributed by atoms with E-state index >= 15 is 0 Å². The number of anilines is 4. The van der Waals surface area contributed by atoms with Crippen molar-refractivity contribution in [3.63, 3.8) is 0 Å². The Morgan fingerprint density at radius 2 is 1.62 bits per heavy atom. The molecule has 2 aromatic rings. The first kappa shape index (κ1) is 13.5. The van der Waals surface area contributed by atoms with Crippen molar-refractivity contribution in [3.05, 3.63) is 12.4 Å². The molecule has 1 aliphatic heterocycles. The quantitative estimate of drug-likeness (QED) is 0.492. The number of rotatable bonds is 3. The summed E-state index contributed by atoms with van der Waals surface area (Å²) in [5.41, 5.74) is 22.9. The zero-order chi connectivity index (χ0) is 15.4. The van der Waals surface area contributed by atoms with Crippen LogP contribution in [0.1, 0.15) is 0 Å². The molecule has 0 radical (unpaired) electrons. The summed E-state index contributed by atoms with van der Waals surface area (Å²) in [6, 6.07) is 0. The molecule has 8 N–H and O–H groups in total. The van der Waals surface area contributed by atoms with Crippen molar-refractivity contribution >= 4 is 33.4 Å². The molecule has 2 aromatic heterocycles. The van der Waals surface area contributed by atoms with E-state index in [-0.39, 0.29) is 29.6 Å². The monoisotopic (exact) mass is 316 g/mol. The zero-order valence-electron chi connectivity index (χ0n) is 10.5. The second kappa shape index (κ2) is 4.00. The Morgan fingerprint density at radius 1 is 1.05 bits per heavy atom. The maximum Gasteiger partial charge on any atom is 0.408 e. The van der Waals surface area contributed by atoms with Gasteiger partial charge >= 0.3 is 16.3 Å². The normalized spacial score (nSPS) is 19.2. The molecule has 1 aliphatic rings. The molecule has 0 aliphatic carbocycles. The van der Waals surface area contributed by atoms with E-state index in [1.165, 1.54) is 17.1 Å². The van der Waals surface area contributed by atoms with Crippen LogP contribution in [0.2, 0.25) is 0 Å². The molecule has 0 unspecified atom stereocenters. The van der Waals surface area contributed by atoms with Crippen LogP contribution in [0.5, 0.6) is 0 Å². The van der Waals surface area contributed by atoms with Crippen LogP contribution < -0.4 is 22.9 Å². The molecule has 0 bridgehead atoms. The van der Waals surface area contributed by atoms with Crippen molar-refractivity contribution < 1.29 is 16.8 Å². The van der Waals surface area contributed by atoms with E-state index in [9.17, 15) is 8.42 Å². The van der Waals surface area contributed by atoms with Crippen molar-refractivity contribution in [2.75, 3.05) is 22.9 Å². The van der Waals surface area contributed by atoms with E-state index < -0.39 is 16.3 Å². The van der Waals surface area contributed by atoms with Crippen LogP contribution in [0, 0.1) is 0 Å². The first-order valence-corrected chi connectivity index (χ1v) is 6.90. The minimum atomic E-state index is -4.14. The molecule has 12 nitrogen and oxygen atoms in total. The van der Waals surface area contributed by atoms with Crippen LogP contribution >= 0.6 is 0 Å². The molecule has 0 amide bonds. The summed E-state index contributed by atoms with van der Waals surface area (Å²) in [4.78, 5) is 0. The Labute approximate surface area is 118 Å².